The Labute approximate surface area is 117 Å². The molecule has 0 saturated heterocycles. The van der Waals surface area contributed by atoms with E-state index in [1.807, 2.05) is 36.2 Å². The van der Waals surface area contributed by atoms with Crippen molar-refractivity contribution in [3.63, 3.8) is 0 Å². The Kier molecular flexibility index (Phi) is 5.50. The molecule has 0 radical (unpaired) electrons. The summed E-state index contributed by atoms with van der Waals surface area (Å²) in [4.78, 5) is 14.0. The zero-order valence-electron chi connectivity index (χ0n) is 11.1. The number of nitrogens with zero attached hydrogens (tertiary/aromatic N) is 1. The second-order valence-electron chi connectivity index (χ2n) is 5.20. The summed E-state index contributed by atoms with van der Waals surface area (Å²) >= 11 is 3.38. The van der Waals surface area contributed by atoms with Gasteiger partial charge in [0.05, 0.1) is 5.60 Å². The second kappa shape index (κ2) is 6.45. The zero-order chi connectivity index (χ0) is 13.8. The van der Waals surface area contributed by atoms with Crippen molar-refractivity contribution in [2.45, 2.75) is 25.9 Å². The van der Waals surface area contributed by atoms with Gasteiger partial charge in [0.15, 0.2) is 5.78 Å². The third kappa shape index (κ3) is 5.29. The van der Waals surface area contributed by atoms with Gasteiger partial charge in [-0.1, -0.05) is 34.1 Å². The van der Waals surface area contributed by atoms with Gasteiger partial charge >= 0.3 is 0 Å². The highest BCUT2D eigenvalue weighted by Gasteiger charge is 2.16. The fraction of sp³-hybridized carbons (Fsp3) is 0.500. The van der Waals surface area contributed by atoms with Crippen LogP contribution in [-0.2, 0) is 0 Å². The van der Waals surface area contributed by atoms with Crippen molar-refractivity contribution in [1.29, 1.82) is 0 Å². The summed E-state index contributed by atoms with van der Waals surface area (Å²) in [5.41, 5.74) is -0.0142. The average molecular weight is 314 g/mol. The molecule has 0 amide bonds. The van der Waals surface area contributed by atoms with Crippen LogP contribution in [0.5, 0.6) is 0 Å². The number of ketones is 1. The predicted molar refractivity (Wildman–Crippen MR) is 76.9 cm³/mol. The van der Waals surface area contributed by atoms with Gasteiger partial charge in [-0.15, -0.1) is 0 Å². The largest absolute Gasteiger partial charge is 0.389 e. The van der Waals surface area contributed by atoms with Gasteiger partial charge in [0, 0.05) is 29.5 Å². The third-order valence-corrected chi connectivity index (χ3v) is 3.24. The van der Waals surface area contributed by atoms with E-state index >= 15 is 0 Å². The van der Waals surface area contributed by atoms with Crippen LogP contribution in [0.3, 0.4) is 0 Å². The SMILES string of the molecule is CN(CCC(=O)c1ccccc1Br)CC(C)(C)O. The van der Waals surface area contributed by atoms with E-state index in [9.17, 15) is 9.90 Å². The van der Waals surface area contributed by atoms with E-state index in [0.29, 0.717) is 25.1 Å². The van der Waals surface area contributed by atoms with Crippen LogP contribution in [0.25, 0.3) is 0 Å². The Morgan fingerprint density at radius 3 is 2.56 bits per heavy atom. The number of likely N-dealkylation sites (N-methyl/N-ethyl adjacent to an activating group) is 1. The monoisotopic (exact) mass is 313 g/mol. The lowest BCUT2D eigenvalue weighted by atomic mass is 10.1. The smallest absolute Gasteiger partial charge is 0.165 e. The Balaban J connectivity index is 2.50. The Morgan fingerprint density at radius 1 is 1.39 bits per heavy atom. The van der Waals surface area contributed by atoms with Crippen molar-refractivity contribution < 1.29 is 9.90 Å². The van der Waals surface area contributed by atoms with Crippen molar-refractivity contribution in [2.24, 2.45) is 0 Å². The molecule has 0 saturated carbocycles. The number of rotatable bonds is 6. The quantitative estimate of drug-likeness (QED) is 0.821. The highest BCUT2D eigenvalue weighted by atomic mass is 79.9. The number of carbonyl (C=O) groups is 1. The minimum atomic E-state index is -0.731. The molecule has 0 spiro atoms. The third-order valence-electron chi connectivity index (χ3n) is 2.55. The van der Waals surface area contributed by atoms with E-state index in [-0.39, 0.29) is 5.78 Å². The van der Waals surface area contributed by atoms with E-state index in [1.165, 1.54) is 0 Å². The molecule has 0 aromatic heterocycles. The number of Topliss-reactive ketones (excluding diaryl/α,β-unsaturated/α-hetero) is 1. The molecule has 0 fully saturated rings. The number of carbonyl (C=O) groups excluding carboxylic acids is 1. The van der Waals surface area contributed by atoms with Gasteiger partial charge in [-0.25, -0.2) is 0 Å². The van der Waals surface area contributed by atoms with Crippen LogP contribution in [0.15, 0.2) is 28.7 Å². The van der Waals surface area contributed by atoms with Gasteiger partial charge in [0.2, 0.25) is 0 Å². The first-order valence-electron chi connectivity index (χ1n) is 5.98. The van der Waals surface area contributed by atoms with E-state index in [0.717, 1.165) is 4.47 Å². The summed E-state index contributed by atoms with van der Waals surface area (Å²) in [6.45, 7) is 4.72. The van der Waals surface area contributed by atoms with E-state index in [1.54, 1.807) is 13.8 Å². The molecule has 1 aromatic carbocycles. The lowest BCUT2D eigenvalue weighted by Crippen LogP contribution is -2.37. The molecule has 0 unspecified atom stereocenters. The molecule has 0 aliphatic heterocycles. The highest BCUT2D eigenvalue weighted by Crippen LogP contribution is 2.17. The van der Waals surface area contributed by atoms with E-state index < -0.39 is 5.60 Å². The van der Waals surface area contributed by atoms with Crippen molar-refractivity contribution >= 4 is 21.7 Å². The maximum Gasteiger partial charge on any atom is 0.165 e. The first kappa shape index (κ1) is 15.3. The molecular weight excluding hydrogens is 294 g/mol. The molecule has 1 rings (SSSR count). The van der Waals surface area contributed by atoms with Gasteiger partial charge < -0.3 is 10.0 Å². The molecule has 0 bridgehead atoms. The number of hydrogen-bond acceptors (Lipinski definition) is 3. The first-order chi connectivity index (χ1) is 8.29. The van der Waals surface area contributed by atoms with Crippen LogP contribution in [-0.4, -0.2) is 41.5 Å². The molecule has 0 heterocycles. The Hall–Kier alpha value is -0.710. The molecule has 0 atom stereocenters. The zero-order valence-corrected chi connectivity index (χ0v) is 12.7. The molecule has 0 aliphatic rings. The van der Waals surface area contributed by atoms with Crippen molar-refractivity contribution in [2.75, 3.05) is 20.1 Å². The lowest BCUT2D eigenvalue weighted by molar-refractivity contribution is 0.0437. The van der Waals surface area contributed by atoms with Gasteiger partial charge in [0.25, 0.3) is 0 Å². The summed E-state index contributed by atoms with van der Waals surface area (Å²) in [5.74, 6) is 0.116. The fourth-order valence-electron chi connectivity index (χ4n) is 1.85. The van der Waals surface area contributed by atoms with Crippen LogP contribution in [0.4, 0.5) is 0 Å². The molecule has 0 aliphatic carbocycles. The van der Waals surface area contributed by atoms with Crippen molar-refractivity contribution in [1.82, 2.24) is 4.90 Å². The summed E-state index contributed by atoms with van der Waals surface area (Å²) in [6, 6.07) is 7.44. The normalized spacial score (nSPS) is 11.9. The molecule has 4 heteroatoms. The van der Waals surface area contributed by atoms with Crippen LogP contribution in [0.1, 0.15) is 30.6 Å². The highest BCUT2D eigenvalue weighted by molar-refractivity contribution is 9.10. The van der Waals surface area contributed by atoms with Crippen LogP contribution < -0.4 is 0 Å². The minimum Gasteiger partial charge on any atom is -0.389 e. The maximum absolute atomic E-state index is 12.0. The minimum absolute atomic E-state index is 0.116. The van der Waals surface area contributed by atoms with Crippen molar-refractivity contribution in [3.05, 3.63) is 34.3 Å². The maximum atomic E-state index is 12.0. The fourth-order valence-corrected chi connectivity index (χ4v) is 2.36. The standard InChI is InChI=1S/C14H20BrNO2/c1-14(2,18)10-16(3)9-8-13(17)11-6-4-5-7-12(11)15/h4-7,18H,8-10H2,1-3H3. The van der Waals surface area contributed by atoms with Gasteiger partial charge in [-0.3, -0.25) is 4.79 Å². The number of benzene rings is 1. The van der Waals surface area contributed by atoms with Gasteiger partial charge in [-0.2, -0.15) is 0 Å². The van der Waals surface area contributed by atoms with Crippen LogP contribution in [0, 0.1) is 0 Å². The number of aliphatic hydroxyl groups is 1. The molecule has 100 valence electrons. The van der Waals surface area contributed by atoms with E-state index in [2.05, 4.69) is 15.9 Å². The van der Waals surface area contributed by atoms with Gasteiger partial charge in [0.1, 0.15) is 0 Å². The summed E-state index contributed by atoms with van der Waals surface area (Å²) in [7, 11) is 1.91. The summed E-state index contributed by atoms with van der Waals surface area (Å²) in [5, 5.41) is 9.68. The average Bonchev–Trinajstić information content (AvgIpc) is 2.24. The molecule has 1 N–H and O–H groups in total. The van der Waals surface area contributed by atoms with Gasteiger partial charge in [-0.05, 0) is 27.0 Å². The molecular formula is C14H20BrNO2. The molecule has 18 heavy (non-hydrogen) atoms. The summed E-state index contributed by atoms with van der Waals surface area (Å²) < 4.78 is 0.833. The first-order valence-corrected chi connectivity index (χ1v) is 6.77. The molecule has 3 nitrogen and oxygen atoms in total. The predicted octanol–water partition coefficient (Wildman–Crippen LogP) is 2.72. The topological polar surface area (TPSA) is 40.5 Å². The lowest BCUT2D eigenvalue weighted by Gasteiger charge is -2.25. The number of halogens is 1. The van der Waals surface area contributed by atoms with Crippen LogP contribution in [0.2, 0.25) is 0 Å². The van der Waals surface area contributed by atoms with Crippen LogP contribution >= 0.6 is 15.9 Å². The second-order valence-corrected chi connectivity index (χ2v) is 6.06. The Morgan fingerprint density at radius 2 is 2.00 bits per heavy atom. The number of hydrogen-bond donors (Lipinski definition) is 1. The van der Waals surface area contributed by atoms with Crippen molar-refractivity contribution in [3.8, 4) is 0 Å². The van der Waals surface area contributed by atoms with E-state index in [4.69, 9.17) is 0 Å². The molecule has 1 aromatic rings. The Bertz CT molecular complexity index is 413. The summed E-state index contributed by atoms with van der Waals surface area (Å²) in [6.07, 6.45) is 0.454.